The Morgan fingerprint density at radius 3 is 3.00 bits per heavy atom. The van der Waals surface area contributed by atoms with Gasteiger partial charge < -0.3 is 9.73 Å². The number of carbonyl (C=O) groups excluding carboxylic acids is 1. The summed E-state index contributed by atoms with van der Waals surface area (Å²) in [6, 6.07) is 9.21. The lowest BCUT2D eigenvalue weighted by atomic mass is 10.2. The van der Waals surface area contributed by atoms with Crippen LogP contribution in [0.5, 0.6) is 0 Å². The number of nitrogens with zero attached hydrogens (tertiary/aromatic N) is 2. The molecule has 3 aromatic rings. The van der Waals surface area contributed by atoms with Crippen LogP contribution in [0.2, 0.25) is 0 Å². The second kappa shape index (κ2) is 5.68. The van der Waals surface area contributed by atoms with E-state index in [2.05, 4.69) is 15.3 Å². The van der Waals surface area contributed by atoms with Crippen molar-refractivity contribution in [3.05, 3.63) is 60.3 Å². The van der Waals surface area contributed by atoms with E-state index < -0.39 is 0 Å². The number of fused-ring (bicyclic) bond motifs is 1. The summed E-state index contributed by atoms with van der Waals surface area (Å²) in [4.78, 5) is 20.5. The number of anilines is 1. The summed E-state index contributed by atoms with van der Waals surface area (Å²) in [7, 11) is 0. The highest BCUT2D eigenvalue weighted by molar-refractivity contribution is 6.02. The van der Waals surface area contributed by atoms with Gasteiger partial charge in [0.2, 0.25) is 5.91 Å². The molecule has 0 atom stereocenters. The molecule has 5 nitrogen and oxygen atoms in total. The molecule has 4 rings (SSSR count). The minimum Gasteiger partial charge on any atom is -0.440 e. The molecule has 0 radical (unpaired) electrons. The lowest BCUT2D eigenvalue weighted by molar-refractivity contribution is -0.111. The van der Waals surface area contributed by atoms with Gasteiger partial charge in [0.25, 0.3) is 0 Å². The zero-order valence-electron chi connectivity index (χ0n) is 12.4. The fraction of sp³-hybridized carbons (Fsp3) is 0.167. The number of benzene rings is 1. The van der Waals surface area contributed by atoms with Crippen LogP contribution in [0.25, 0.3) is 17.2 Å². The van der Waals surface area contributed by atoms with E-state index in [1.54, 1.807) is 18.5 Å². The van der Waals surface area contributed by atoms with Crippen molar-refractivity contribution < 1.29 is 9.21 Å². The molecule has 1 amide bonds. The first-order valence-corrected chi connectivity index (χ1v) is 7.57. The molecule has 0 saturated heterocycles. The molecule has 0 bridgehead atoms. The van der Waals surface area contributed by atoms with Crippen molar-refractivity contribution in [1.82, 2.24) is 9.97 Å². The molecular weight excluding hydrogens is 290 g/mol. The van der Waals surface area contributed by atoms with Crippen LogP contribution in [0.4, 0.5) is 5.69 Å². The van der Waals surface area contributed by atoms with Gasteiger partial charge in [-0.15, -0.1) is 0 Å². The third-order valence-electron chi connectivity index (χ3n) is 3.71. The standard InChI is InChI=1S/C18H15N3O2/c22-17(8-3-12-2-1-9-19-11-12)20-14-6-7-16-15(10-14)21-18(23-16)13-4-5-13/h1-3,6-11,13H,4-5H2,(H,20,22)/b8-3+. The van der Waals surface area contributed by atoms with Gasteiger partial charge in [-0.25, -0.2) is 4.98 Å². The van der Waals surface area contributed by atoms with Crippen molar-refractivity contribution >= 4 is 28.8 Å². The Morgan fingerprint density at radius 1 is 1.30 bits per heavy atom. The highest BCUT2D eigenvalue weighted by atomic mass is 16.3. The predicted octanol–water partition coefficient (Wildman–Crippen LogP) is 3.75. The smallest absolute Gasteiger partial charge is 0.248 e. The molecule has 2 heterocycles. The lowest BCUT2D eigenvalue weighted by Crippen LogP contribution is -2.07. The number of nitrogens with one attached hydrogen (secondary N) is 1. The first kappa shape index (κ1) is 13.7. The minimum absolute atomic E-state index is 0.195. The summed E-state index contributed by atoms with van der Waals surface area (Å²) in [6.45, 7) is 0. The van der Waals surface area contributed by atoms with Crippen molar-refractivity contribution in [2.75, 3.05) is 5.32 Å². The Bertz CT molecular complexity index is 880. The Hall–Kier alpha value is -2.95. The Labute approximate surface area is 133 Å². The molecule has 1 saturated carbocycles. The van der Waals surface area contributed by atoms with Crippen molar-refractivity contribution in [2.24, 2.45) is 0 Å². The minimum atomic E-state index is -0.195. The van der Waals surface area contributed by atoms with Crippen LogP contribution < -0.4 is 5.32 Å². The van der Waals surface area contributed by atoms with E-state index in [9.17, 15) is 4.79 Å². The SMILES string of the molecule is O=C(/C=C/c1cccnc1)Nc1ccc2oc(C3CC3)nc2c1. The van der Waals surface area contributed by atoms with Crippen LogP contribution in [0, 0.1) is 0 Å². The molecule has 0 aliphatic heterocycles. The maximum absolute atomic E-state index is 12.0. The number of amides is 1. The summed E-state index contributed by atoms with van der Waals surface area (Å²) < 4.78 is 5.71. The van der Waals surface area contributed by atoms with Gasteiger partial charge in [0.15, 0.2) is 11.5 Å². The number of hydrogen-bond acceptors (Lipinski definition) is 4. The molecular formula is C18H15N3O2. The molecule has 23 heavy (non-hydrogen) atoms. The maximum atomic E-state index is 12.0. The predicted molar refractivity (Wildman–Crippen MR) is 87.9 cm³/mol. The lowest BCUT2D eigenvalue weighted by Gasteiger charge is -2.01. The van der Waals surface area contributed by atoms with E-state index in [1.165, 1.54) is 6.08 Å². The van der Waals surface area contributed by atoms with E-state index in [0.717, 1.165) is 35.4 Å². The van der Waals surface area contributed by atoms with Gasteiger partial charge in [0.1, 0.15) is 5.52 Å². The van der Waals surface area contributed by atoms with Gasteiger partial charge >= 0.3 is 0 Å². The monoisotopic (exact) mass is 305 g/mol. The van der Waals surface area contributed by atoms with Crippen LogP contribution in [0.3, 0.4) is 0 Å². The van der Waals surface area contributed by atoms with Crippen molar-refractivity contribution in [3.8, 4) is 0 Å². The third kappa shape index (κ3) is 3.13. The molecule has 1 aliphatic carbocycles. The molecule has 1 aliphatic rings. The second-order valence-electron chi connectivity index (χ2n) is 5.62. The quantitative estimate of drug-likeness (QED) is 0.745. The molecule has 0 unspecified atom stereocenters. The van der Waals surface area contributed by atoms with Gasteiger partial charge in [-0.1, -0.05) is 6.07 Å². The normalized spacial score (nSPS) is 14.4. The molecule has 2 aromatic heterocycles. The second-order valence-corrected chi connectivity index (χ2v) is 5.62. The number of carbonyl (C=O) groups is 1. The van der Waals surface area contributed by atoms with Gasteiger partial charge in [0.05, 0.1) is 0 Å². The zero-order valence-corrected chi connectivity index (χ0v) is 12.4. The van der Waals surface area contributed by atoms with E-state index >= 15 is 0 Å². The van der Waals surface area contributed by atoms with Gasteiger partial charge in [-0.2, -0.15) is 0 Å². The summed E-state index contributed by atoms with van der Waals surface area (Å²) in [6.07, 6.45) is 8.90. The Balaban J connectivity index is 1.48. The van der Waals surface area contributed by atoms with Crippen molar-refractivity contribution in [1.29, 1.82) is 0 Å². The van der Waals surface area contributed by atoms with Gasteiger partial charge in [0, 0.05) is 30.1 Å². The highest BCUT2D eigenvalue weighted by Gasteiger charge is 2.28. The number of aromatic nitrogens is 2. The first-order chi connectivity index (χ1) is 11.3. The van der Waals surface area contributed by atoms with E-state index in [4.69, 9.17) is 4.42 Å². The largest absolute Gasteiger partial charge is 0.440 e. The van der Waals surface area contributed by atoms with E-state index in [0.29, 0.717) is 11.6 Å². The summed E-state index contributed by atoms with van der Waals surface area (Å²) >= 11 is 0. The third-order valence-corrected chi connectivity index (χ3v) is 3.71. The number of rotatable bonds is 4. The van der Waals surface area contributed by atoms with Crippen LogP contribution in [0.15, 0.2) is 53.2 Å². The van der Waals surface area contributed by atoms with Gasteiger partial charge in [-0.3, -0.25) is 9.78 Å². The average Bonchev–Trinajstić information content (AvgIpc) is 3.34. The molecule has 5 heteroatoms. The summed E-state index contributed by atoms with van der Waals surface area (Å²) in [5, 5.41) is 2.83. The highest BCUT2D eigenvalue weighted by Crippen LogP contribution is 2.40. The van der Waals surface area contributed by atoms with Crippen LogP contribution in [-0.4, -0.2) is 15.9 Å². The molecule has 1 aromatic carbocycles. The van der Waals surface area contributed by atoms with Crippen LogP contribution in [0.1, 0.15) is 30.2 Å². The first-order valence-electron chi connectivity index (χ1n) is 7.57. The summed E-state index contributed by atoms with van der Waals surface area (Å²) in [5.74, 6) is 1.09. The maximum Gasteiger partial charge on any atom is 0.248 e. The Kier molecular flexibility index (Phi) is 3.38. The number of pyridine rings is 1. The number of hydrogen-bond donors (Lipinski definition) is 1. The Morgan fingerprint density at radius 2 is 2.22 bits per heavy atom. The molecule has 0 spiro atoms. The topological polar surface area (TPSA) is 68.0 Å². The summed E-state index contributed by atoms with van der Waals surface area (Å²) in [5.41, 5.74) is 3.12. The fourth-order valence-corrected chi connectivity index (χ4v) is 2.36. The van der Waals surface area contributed by atoms with Crippen molar-refractivity contribution in [2.45, 2.75) is 18.8 Å². The van der Waals surface area contributed by atoms with Gasteiger partial charge in [-0.05, 0) is 48.7 Å². The molecule has 1 N–H and O–H groups in total. The molecule has 1 fully saturated rings. The van der Waals surface area contributed by atoms with E-state index in [-0.39, 0.29) is 5.91 Å². The molecule has 114 valence electrons. The van der Waals surface area contributed by atoms with Crippen LogP contribution in [-0.2, 0) is 4.79 Å². The van der Waals surface area contributed by atoms with Crippen molar-refractivity contribution in [3.63, 3.8) is 0 Å². The van der Waals surface area contributed by atoms with Crippen LogP contribution >= 0.6 is 0 Å². The zero-order chi connectivity index (χ0) is 15.6. The average molecular weight is 305 g/mol. The fourth-order valence-electron chi connectivity index (χ4n) is 2.36. The van der Waals surface area contributed by atoms with E-state index in [1.807, 2.05) is 30.3 Å². The number of oxazole rings is 1.